The van der Waals surface area contributed by atoms with Crippen LogP contribution in [0.5, 0.6) is 0 Å². The van der Waals surface area contributed by atoms with Crippen molar-refractivity contribution in [2.45, 2.75) is 19.1 Å². The van der Waals surface area contributed by atoms with Crippen molar-refractivity contribution in [2.75, 3.05) is 23.9 Å². The minimum atomic E-state index is -2.86. The molecule has 0 aromatic heterocycles. The van der Waals surface area contributed by atoms with Crippen LogP contribution in [0.25, 0.3) is 0 Å². The van der Waals surface area contributed by atoms with Gasteiger partial charge in [0.15, 0.2) is 9.84 Å². The number of rotatable bonds is 4. The topological polar surface area (TPSA) is 55.4 Å². The molecule has 1 N–H and O–H groups in total. The molecule has 0 aliphatic carbocycles. The molecule has 6 heteroatoms. The summed E-state index contributed by atoms with van der Waals surface area (Å²) in [6.07, 6.45) is 0.668. The Hall–Kier alpha value is -0.590. The zero-order chi connectivity index (χ0) is 13.2. The number of sulfone groups is 1. The molecule has 0 amide bonds. The Morgan fingerprint density at radius 2 is 2.28 bits per heavy atom. The summed E-state index contributed by atoms with van der Waals surface area (Å²) in [4.78, 5) is 0. The third kappa shape index (κ3) is 3.24. The molecule has 1 saturated heterocycles. The third-order valence-electron chi connectivity index (χ3n) is 3.00. The van der Waals surface area contributed by atoms with Crippen LogP contribution >= 0.6 is 15.9 Å². The molecule has 4 nitrogen and oxygen atoms in total. The molecule has 1 aliphatic rings. The fourth-order valence-electron chi connectivity index (χ4n) is 2.11. The van der Waals surface area contributed by atoms with Crippen molar-refractivity contribution >= 4 is 31.5 Å². The van der Waals surface area contributed by atoms with Crippen molar-refractivity contribution in [2.24, 2.45) is 0 Å². The number of halogens is 1. The number of hydrogen-bond donors (Lipinski definition) is 1. The molecule has 1 atom stereocenters. The summed E-state index contributed by atoms with van der Waals surface area (Å²) in [5.41, 5.74) is 1.96. The van der Waals surface area contributed by atoms with Gasteiger partial charge in [0, 0.05) is 28.9 Å². The zero-order valence-electron chi connectivity index (χ0n) is 10.1. The van der Waals surface area contributed by atoms with Gasteiger partial charge in [-0.15, -0.1) is 0 Å². The molecule has 18 heavy (non-hydrogen) atoms. The lowest BCUT2D eigenvalue weighted by atomic mass is 10.1. The minimum Gasteiger partial charge on any atom is -0.381 e. The first kappa shape index (κ1) is 13.8. The van der Waals surface area contributed by atoms with E-state index in [1.807, 2.05) is 18.2 Å². The molecule has 2 rings (SSSR count). The van der Waals surface area contributed by atoms with Crippen LogP contribution in [0.15, 0.2) is 22.7 Å². The van der Waals surface area contributed by atoms with Crippen LogP contribution in [0.1, 0.15) is 12.0 Å². The van der Waals surface area contributed by atoms with E-state index in [2.05, 4.69) is 21.2 Å². The second-order valence-electron chi connectivity index (χ2n) is 4.44. The average molecular weight is 334 g/mol. The first-order valence-electron chi connectivity index (χ1n) is 5.75. The van der Waals surface area contributed by atoms with E-state index in [-0.39, 0.29) is 17.5 Å². The summed E-state index contributed by atoms with van der Waals surface area (Å²) in [6, 6.07) is 5.82. The van der Waals surface area contributed by atoms with Crippen LogP contribution in [0.2, 0.25) is 0 Å². The SMILES string of the molecule is COCc1c(Br)cccc1NC1CCS(=O)(=O)C1. The maximum absolute atomic E-state index is 11.4. The van der Waals surface area contributed by atoms with E-state index in [4.69, 9.17) is 4.74 Å². The maximum Gasteiger partial charge on any atom is 0.152 e. The van der Waals surface area contributed by atoms with Gasteiger partial charge in [0.2, 0.25) is 0 Å². The van der Waals surface area contributed by atoms with Crippen LogP contribution in [0.4, 0.5) is 5.69 Å². The first-order chi connectivity index (χ1) is 8.52. The fourth-order valence-corrected chi connectivity index (χ4v) is 4.27. The van der Waals surface area contributed by atoms with Gasteiger partial charge in [-0.1, -0.05) is 22.0 Å². The number of methoxy groups -OCH3 is 1. The Morgan fingerprint density at radius 3 is 2.89 bits per heavy atom. The van der Waals surface area contributed by atoms with Gasteiger partial charge in [-0.25, -0.2) is 8.42 Å². The van der Waals surface area contributed by atoms with E-state index in [0.29, 0.717) is 13.0 Å². The van der Waals surface area contributed by atoms with E-state index >= 15 is 0 Å². The van der Waals surface area contributed by atoms with Crippen molar-refractivity contribution < 1.29 is 13.2 Å². The first-order valence-corrected chi connectivity index (χ1v) is 8.36. The van der Waals surface area contributed by atoms with Crippen molar-refractivity contribution in [3.8, 4) is 0 Å². The smallest absolute Gasteiger partial charge is 0.152 e. The van der Waals surface area contributed by atoms with Crippen molar-refractivity contribution in [1.82, 2.24) is 0 Å². The summed E-state index contributed by atoms with van der Waals surface area (Å²) in [5, 5.41) is 3.30. The molecule has 0 spiro atoms. The molecule has 1 aliphatic heterocycles. The van der Waals surface area contributed by atoms with E-state index in [1.165, 1.54) is 0 Å². The molecule has 0 saturated carbocycles. The van der Waals surface area contributed by atoms with Gasteiger partial charge in [-0.05, 0) is 18.6 Å². The number of ether oxygens (including phenoxy) is 1. The van der Waals surface area contributed by atoms with Crippen molar-refractivity contribution in [3.05, 3.63) is 28.2 Å². The largest absolute Gasteiger partial charge is 0.381 e. The Kier molecular flexibility index (Phi) is 4.29. The summed E-state index contributed by atoms with van der Waals surface area (Å²) in [7, 11) is -1.21. The van der Waals surface area contributed by atoms with Crippen molar-refractivity contribution in [1.29, 1.82) is 0 Å². The monoisotopic (exact) mass is 333 g/mol. The highest BCUT2D eigenvalue weighted by molar-refractivity contribution is 9.10. The fraction of sp³-hybridized carbons (Fsp3) is 0.500. The second-order valence-corrected chi connectivity index (χ2v) is 7.53. The van der Waals surface area contributed by atoms with Gasteiger partial charge >= 0.3 is 0 Å². The molecule has 1 unspecified atom stereocenters. The van der Waals surface area contributed by atoms with Gasteiger partial charge in [-0.3, -0.25) is 0 Å². The van der Waals surface area contributed by atoms with Crippen LogP contribution < -0.4 is 5.32 Å². The van der Waals surface area contributed by atoms with Gasteiger partial charge in [0.25, 0.3) is 0 Å². The molecule has 0 radical (unpaired) electrons. The Morgan fingerprint density at radius 1 is 1.50 bits per heavy atom. The van der Waals surface area contributed by atoms with Crippen molar-refractivity contribution in [3.63, 3.8) is 0 Å². The molecule has 1 aromatic carbocycles. The Bertz CT molecular complexity index is 530. The lowest BCUT2D eigenvalue weighted by Gasteiger charge is -2.17. The quantitative estimate of drug-likeness (QED) is 0.917. The summed E-state index contributed by atoms with van der Waals surface area (Å²) in [5.74, 6) is 0.490. The summed E-state index contributed by atoms with van der Waals surface area (Å²) < 4.78 is 29.0. The molecule has 1 heterocycles. The lowest BCUT2D eigenvalue weighted by molar-refractivity contribution is 0.185. The van der Waals surface area contributed by atoms with Crippen LogP contribution in [-0.2, 0) is 21.2 Å². The van der Waals surface area contributed by atoms with Crippen LogP contribution in [0, 0.1) is 0 Å². The van der Waals surface area contributed by atoms with Crippen LogP contribution in [-0.4, -0.2) is 33.1 Å². The second kappa shape index (κ2) is 5.59. The van der Waals surface area contributed by atoms with E-state index in [1.54, 1.807) is 7.11 Å². The Labute approximate surface area is 116 Å². The van der Waals surface area contributed by atoms with Crippen LogP contribution in [0.3, 0.4) is 0 Å². The lowest BCUT2D eigenvalue weighted by Crippen LogP contribution is -2.21. The molecule has 0 bridgehead atoms. The van der Waals surface area contributed by atoms with Gasteiger partial charge in [-0.2, -0.15) is 0 Å². The average Bonchev–Trinajstić information content (AvgIpc) is 2.63. The molecule has 100 valence electrons. The van der Waals surface area contributed by atoms with E-state index in [0.717, 1.165) is 15.7 Å². The minimum absolute atomic E-state index is 0.0000869. The normalized spacial score (nSPS) is 22.0. The van der Waals surface area contributed by atoms with E-state index < -0.39 is 9.84 Å². The maximum atomic E-state index is 11.4. The highest BCUT2D eigenvalue weighted by atomic mass is 79.9. The van der Waals surface area contributed by atoms with Gasteiger partial charge in [0.1, 0.15) is 0 Å². The molecule has 1 fully saturated rings. The number of nitrogens with one attached hydrogen (secondary N) is 1. The highest BCUT2D eigenvalue weighted by Crippen LogP contribution is 2.27. The highest BCUT2D eigenvalue weighted by Gasteiger charge is 2.28. The van der Waals surface area contributed by atoms with Gasteiger partial charge in [0.05, 0.1) is 18.1 Å². The standard InChI is InChI=1S/C12H16BrNO3S/c1-17-7-10-11(13)3-2-4-12(10)14-9-5-6-18(15,16)8-9/h2-4,9,14H,5-8H2,1H3. The molecular formula is C12H16BrNO3S. The summed E-state index contributed by atoms with van der Waals surface area (Å²) in [6.45, 7) is 0.489. The number of hydrogen-bond acceptors (Lipinski definition) is 4. The zero-order valence-corrected chi connectivity index (χ0v) is 12.6. The predicted octanol–water partition coefficient (Wildman–Crippen LogP) is 2.19. The predicted molar refractivity (Wildman–Crippen MR) is 75.5 cm³/mol. The molecular weight excluding hydrogens is 318 g/mol. The molecule has 1 aromatic rings. The van der Waals surface area contributed by atoms with E-state index in [9.17, 15) is 8.42 Å². The Balaban J connectivity index is 2.17. The number of benzene rings is 1. The number of anilines is 1. The van der Waals surface area contributed by atoms with Gasteiger partial charge < -0.3 is 10.1 Å². The third-order valence-corrected chi connectivity index (χ3v) is 5.51. The summed E-state index contributed by atoms with van der Waals surface area (Å²) >= 11 is 3.48.